The van der Waals surface area contributed by atoms with Crippen LogP contribution in [-0.4, -0.2) is 29.2 Å². The van der Waals surface area contributed by atoms with Crippen molar-refractivity contribution < 1.29 is 9.90 Å². The van der Waals surface area contributed by atoms with Gasteiger partial charge in [0.15, 0.2) is 0 Å². The van der Waals surface area contributed by atoms with Gasteiger partial charge in [0.05, 0.1) is 18.2 Å². The lowest BCUT2D eigenvalue weighted by molar-refractivity contribution is -0.127. The summed E-state index contributed by atoms with van der Waals surface area (Å²) in [4.78, 5) is 12.3. The highest BCUT2D eigenvalue weighted by Crippen LogP contribution is 2.31. The van der Waals surface area contributed by atoms with Crippen LogP contribution in [0.15, 0.2) is 24.3 Å². The van der Waals surface area contributed by atoms with E-state index in [9.17, 15) is 9.90 Å². The van der Waals surface area contributed by atoms with Crippen LogP contribution in [0, 0.1) is 0 Å². The maximum absolute atomic E-state index is 12.3. The molecule has 4 heteroatoms. The lowest BCUT2D eigenvalue weighted by Crippen LogP contribution is -2.60. The van der Waals surface area contributed by atoms with E-state index in [1.54, 1.807) is 0 Å². The number of aliphatic hydroxyl groups excluding tert-OH is 1. The standard InChI is InChI=1S/C15H20N2O2/c18-10-15(6-3-7-15)17-14(19)13-8-11-4-1-2-5-12(11)9-16-13/h1-2,4-5,13,16,18H,3,6-10H2,(H,17,19)/t13-/m0/s1. The molecule has 1 aromatic rings. The first kappa shape index (κ1) is 12.6. The van der Waals surface area contributed by atoms with Gasteiger partial charge < -0.3 is 15.7 Å². The molecule has 1 aliphatic carbocycles. The van der Waals surface area contributed by atoms with E-state index in [0.29, 0.717) is 0 Å². The van der Waals surface area contributed by atoms with E-state index in [1.165, 1.54) is 11.1 Å². The summed E-state index contributed by atoms with van der Waals surface area (Å²) < 4.78 is 0. The molecule has 3 N–H and O–H groups in total. The van der Waals surface area contributed by atoms with Gasteiger partial charge in [0.2, 0.25) is 5.91 Å². The zero-order valence-corrected chi connectivity index (χ0v) is 11.0. The average molecular weight is 260 g/mol. The van der Waals surface area contributed by atoms with Crippen molar-refractivity contribution >= 4 is 5.91 Å². The quantitative estimate of drug-likeness (QED) is 0.751. The smallest absolute Gasteiger partial charge is 0.237 e. The van der Waals surface area contributed by atoms with Crippen LogP contribution < -0.4 is 10.6 Å². The summed E-state index contributed by atoms with van der Waals surface area (Å²) in [6, 6.07) is 8.04. The lowest BCUT2D eigenvalue weighted by atomic mass is 9.77. The van der Waals surface area contributed by atoms with Crippen molar-refractivity contribution in [3.63, 3.8) is 0 Å². The molecule has 0 saturated heterocycles. The van der Waals surface area contributed by atoms with Crippen molar-refractivity contribution in [2.24, 2.45) is 0 Å². The van der Waals surface area contributed by atoms with Crippen LogP contribution in [-0.2, 0) is 17.8 Å². The molecule has 1 saturated carbocycles. The van der Waals surface area contributed by atoms with Crippen molar-refractivity contribution in [2.75, 3.05) is 6.61 Å². The normalized spacial score (nSPS) is 24.2. The van der Waals surface area contributed by atoms with E-state index in [4.69, 9.17) is 0 Å². The van der Waals surface area contributed by atoms with Gasteiger partial charge in [0.1, 0.15) is 0 Å². The largest absolute Gasteiger partial charge is 0.394 e. The van der Waals surface area contributed by atoms with Crippen molar-refractivity contribution in [1.29, 1.82) is 0 Å². The van der Waals surface area contributed by atoms with E-state index in [-0.39, 0.29) is 24.1 Å². The molecular weight excluding hydrogens is 240 g/mol. The third-order valence-corrected chi connectivity index (χ3v) is 4.40. The number of nitrogens with one attached hydrogen (secondary N) is 2. The van der Waals surface area contributed by atoms with Crippen LogP contribution >= 0.6 is 0 Å². The summed E-state index contributed by atoms with van der Waals surface area (Å²) in [7, 11) is 0. The first-order chi connectivity index (χ1) is 9.22. The Labute approximate surface area is 113 Å². The summed E-state index contributed by atoms with van der Waals surface area (Å²) >= 11 is 0. The molecule has 1 fully saturated rings. The molecule has 1 aromatic carbocycles. The van der Waals surface area contributed by atoms with E-state index >= 15 is 0 Å². The molecule has 0 spiro atoms. The molecule has 1 amide bonds. The maximum atomic E-state index is 12.3. The highest BCUT2D eigenvalue weighted by atomic mass is 16.3. The van der Waals surface area contributed by atoms with Gasteiger partial charge >= 0.3 is 0 Å². The number of hydrogen-bond acceptors (Lipinski definition) is 3. The zero-order valence-electron chi connectivity index (χ0n) is 11.0. The SMILES string of the molecule is O=C(NC1(CO)CCC1)[C@@H]1Cc2ccccc2CN1. The molecule has 1 atom stereocenters. The molecule has 19 heavy (non-hydrogen) atoms. The van der Waals surface area contributed by atoms with Gasteiger partial charge in [0.25, 0.3) is 0 Å². The van der Waals surface area contributed by atoms with Gasteiger partial charge in [-0.1, -0.05) is 24.3 Å². The minimum atomic E-state index is -0.351. The van der Waals surface area contributed by atoms with E-state index < -0.39 is 0 Å². The second kappa shape index (κ2) is 4.94. The van der Waals surface area contributed by atoms with Crippen molar-refractivity contribution in [1.82, 2.24) is 10.6 Å². The summed E-state index contributed by atoms with van der Waals surface area (Å²) in [5.74, 6) is 0.0169. The third-order valence-electron chi connectivity index (χ3n) is 4.40. The molecule has 4 nitrogen and oxygen atoms in total. The van der Waals surface area contributed by atoms with E-state index in [2.05, 4.69) is 22.8 Å². The second-order valence-electron chi connectivity index (χ2n) is 5.69. The summed E-state index contributed by atoms with van der Waals surface area (Å²) in [5.41, 5.74) is 2.16. The fourth-order valence-electron chi connectivity index (χ4n) is 2.91. The number of carbonyl (C=O) groups excluding carboxylic acids is 1. The lowest BCUT2D eigenvalue weighted by Gasteiger charge is -2.42. The molecule has 2 aliphatic rings. The maximum Gasteiger partial charge on any atom is 0.237 e. The van der Waals surface area contributed by atoms with Crippen LogP contribution in [0.2, 0.25) is 0 Å². The monoisotopic (exact) mass is 260 g/mol. The highest BCUT2D eigenvalue weighted by molar-refractivity contribution is 5.83. The Hall–Kier alpha value is -1.39. The van der Waals surface area contributed by atoms with Crippen LogP contribution in [0.25, 0.3) is 0 Å². The number of fused-ring (bicyclic) bond motifs is 1. The minimum absolute atomic E-state index is 0.0169. The average Bonchev–Trinajstić information content (AvgIpc) is 2.42. The molecule has 1 heterocycles. The summed E-state index contributed by atoms with van der Waals surface area (Å²) in [6.45, 7) is 0.780. The second-order valence-corrected chi connectivity index (χ2v) is 5.69. The van der Waals surface area contributed by atoms with Crippen LogP contribution in [0.1, 0.15) is 30.4 Å². The van der Waals surface area contributed by atoms with E-state index in [1.807, 2.05) is 12.1 Å². The predicted octanol–water partition coefficient (Wildman–Crippen LogP) is 0.732. The fraction of sp³-hybridized carbons (Fsp3) is 0.533. The van der Waals surface area contributed by atoms with Crippen molar-refractivity contribution in [2.45, 2.75) is 43.8 Å². The first-order valence-electron chi connectivity index (χ1n) is 6.95. The molecule has 0 bridgehead atoms. The Bertz CT molecular complexity index is 477. The minimum Gasteiger partial charge on any atom is -0.394 e. The Kier molecular flexibility index (Phi) is 3.29. The molecule has 0 unspecified atom stereocenters. The van der Waals surface area contributed by atoms with Gasteiger partial charge in [-0.05, 0) is 36.8 Å². The predicted molar refractivity (Wildman–Crippen MR) is 72.6 cm³/mol. The van der Waals surface area contributed by atoms with Gasteiger partial charge in [0, 0.05) is 6.54 Å². The molecule has 0 aromatic heterocycles. The Balaban J connectivity index is 1.66. The summed E-state index contributed by atoms with van der Waals surface area (Å²) in [6.07, 6.45) is 3.59. The van der Waals surface area contributed by atoms with E-state index in [0.717, 1.165) is 32.2 Å². The number of amides is 1. The number of hydrogen-bond donors (Lipinski definition) is 3. The molecule has 1 aliphatic heterocycles. The van der Waals surface area contributed by atoms with Gasteiger partial charge in [-0.15, -0.1) is 0 Å². The van der Waals surface area contributed by atoms with Crippen molar-refractivity contribution in [3.05, 3.63) is 35.4 Å². The number of benzene rings is 1. The topological polar surface area (TPSA) is 61.4 Å². The Morgan fingerprint density at radius 2 is 2.11 bits per heavy atom. The Morgan fingerprint density at radius 3 is 2.74 bits per heavy atom. The van der Waals surface area contributed by atoms with Gasteiger partial charge in [-0.2, -0.15) is 0 Å². The molecule has 102 valence electrons. The molecular formula is C15H20N2O2. The molecule has 0 radical (unpaired) electrons. The highest BCUT2D eigenvalue weighted by Gasteiger charge is 2.39. The first-order valence-corrected chi connectivity index (χ1v) is 6.95. The molecule has 3 rings (SSSR count). The van der Waals surface area contributed by atoms with Crippen molar-refractivity contribution in [3.8, 4) is 0 Å². The Morgan fingerprint density at radius 1 is 1.37 bits per heavy atom. The van der Waals surface area contributed by atoms with Crippen LogP contribution in [0.3, 0.4) is 0 Å². The number of carbonyl (C=O) groups is 1. The summed E-state index contributed by atoms with van der Waals surface area (Å²) in [5, 5.41) is 15.7. The zero-order chi connectivity index (χ0) is 13.3. The fourth-order valence-corrected chi connectivity index (χ4v) is 2.91. The van der Waals surface area contributed by atoms with Crippen LogP contribution in [0.5, 0.6) is 0 Å². The van der Waals surface area contributed by atoms with Gasteiger partial charge in [-0.25, -0.2) is 0 Å². The number of aliphatic hydroxyl groups is 1. The van der Waals surface area contributed by atoms with Crippen LogP contribution in [0.4, 0.5) is 0 Å². The third kappa shape index (κ3) is 2.38. The number of rotatable bonds is 3. The van der Waals surface area contributed by atoms with Gasteiger partial charge in [-0.3, -0.25) is 4.79 Å².